The summed E-state index contributed by atoms with van der Waals surface area (Å²) in [4.78, 5) is 0. The Hall–Kier alpha value is -4.34. The summed E-state index contributed by atoms with van der Waals surface area (Å²) >= 11 is 2.94. The van der Waals surface area contributed by atoms with Crippen LogP contribution in [0.1, 0.15) is 88.9 Å². The number of halogens is 7. The summed E-state index contributed by atoms with van der Waals surface area (Å²) in [7, 11) is -3.90. The largest absolute Gasteiger partial charge is 1.00 e. The van der Waals surface area contributed by atoms with Gasteiger partial charge >= 0.3 is 24.2 Å². The standard InChI is InChI=1S/C19H29BFNO3Si.C13H18FNOSi.C8H5F2N.C7H5BrF2.C4H12Si.CN.3CH4.Cu/c1-13-16(21)15(20-24-18(2,3)19(4,5)25-20)11-14(12-22)17(13)23-9-10-26(6,7)8;1-10-12(14)6-5-11(9-15)13(10)16-7-8-17(2,3)4;1-5-7(9)3-2-6(4-11)8(5)10;1-4-6(9)3-2-5(8)7(4)10;1-5(2,3)4;1-2;;;;/h11H,9-10H2,1-8H3;5-6H,7-8H2,1-4H3;2-3H,1H3;2-3H,1H3;1-4H3;;3*1H4;/q;;;;;-1;;;;+1. The van der Waals surface area contributed by atoms with E-state index in [1.165, 1.54) is 44.2 Å². The maximum absolute atomic E-state index is 15.1. The minimum atomic E-state index is -1.28. The van der Waals surface area contributed by atoms with Crippen molar-refractivity contribution in [2.45, 2.75) is 166 Å². The van der Waals surface area contributed by atoms with Crippen molar-refractivity contribution in [3.63, 3.8) is 0 Å². The Balaban J connectivity index is -0.000000289. The van der Waals surface area contributed by atoms with E-state index >= 15 is 4.39 Å². The minimum absolute atomic E-state index is 0. The first-order valence-corrected chi connectivity index (χ1v) is 34.8. The second-order valence-electron chi connectivity index (χ2n) is 21.6. The van der Waals surface area contributed by atoms with Gasteiger partial charge in [0.1, 0.15) is 64.6 Å². The summed E-state index contributed by atoms with van der Waals surface area (Å²) in [6, 6.07) is 16.8. The molecule has 75 heavy (non-hydrogen) atoms. The summed E-state index contributed by atoms with van der Waals surface area (Å²) in [5.74, 6) is -2.48. The third-order valence-corrected chi connectivity index (χ3v) is 14.5. The molecule has 0 atom stereocenters. The van der Waals surface area contributed by atoms with E-state index in [0.717, 1.165) is 24.2 Å². The van der Waals surface area contributed by atoms with E-state index in [4.69, 9.17) is 41.1 Å². The Kier molecular flexibility index (Phi) is 36.5. The molecule has 5 rings (SSSR count). The number of benzene rings is 4. The van der Waals surface area contributed by atoms with E-state index in [0.29, 0.717) is 51.4 Å². The van der Waals surface area contributed by atoms with E-state index in [-0.39, 0.29) is 67.3 Å². The quantitative estimate of drug-likeness (QED) is 0.0700. The Morgan fingerprint density at radius 2 is 0.880 bits per heavy atom. The molecule has 1 aliphatic rings. The summed E-state index contributed by atoms with van der Waals surface area (Å²) in [6.07, 6.45) is 0. The van der Waals surface area contributed by atoms with Gasteiger partial charge in [-0.2, -0.15) is 15.8 Å². The van der Waals surface area contributed by atoms with Crippen LogP contribution in [0.15, 0.2) is 46.9 Å². The van der Waals surface area contributed by atoms with Crippen molar-refractivity contribution in [1.82, 2.24) is 0 Å². The molecule has 4 aromatic carbocycles. The summed E-state index contributed by atoms with van der Waals surface area (Å²) in [5.41, 5.74) is 0.375. The van der Waals surface area contributed by atoms with Crippen LogP contribution in [0.25, 0.3) is 0 Å². The van der Waals surface area contributed by atoms with Crippen LogP contribution < -0.4 is 14.9 Å². The first kappa shape index (κ1) is 79.5. The fourth-order valence-corrected chi connectivity index (χ4v) is 7.31. The smallest absolute Gasteiger partial charge is 0.512 e. The Morgan fingerprint density at radius 1 is 0.547 bits per heavy atom. The van der Waals surface area contributed by atoms with Crippen molar-refractivity contribution in [2.24, 2.45) is 0 Å². The molecule has 4 aromatic rings. The van der Waals surface area contributed by atoms with Crippen LogP contribution in [0.5, 0.6) is 11.5 Å². The van der Waals surface area contributed by atoms with Crippen LogP contribution in [0, 0.1) is 108 Å². The molecule has 8 nitrogen and oxygen atoms in total. The number of hydrogen-bond donors (Lipinski definition) is 0. The van der Waals surface area contributed by atoms with Crippen molar-refractivity contribution in [3.05, 3.63) is 127 Å². The zero-order valence-corrected chi connectivity index (χ0v) is 50.3. The topological polar surface area (TPSA) is 132 Å². The van der Waals surface area contributed by atoms with Gasteiger partial charge in [-0.15, -0.1) is 0 Å². The Bertz CT molecular complexity index is 2540. The number of ether oxygens (including phenoxy) is 2. The molecule has 0 bridgehead atoms. The van der Waals surface area contributed by atoms with Crippen molar-refractivity contribution in [2.75, 3.05) is 13.2 Å². The Morgan fingerprint density at radius 3 is 1.24 bits per heavy atom. The van der Waals surface area contributed by atoms with Gasteiger partial charge < -0.3 is 30.6 Å². The molecule has 0 spiro atoms. The normalized spacial score (nSPS) is 12.5. The molecule has 0 unspecified atom stereocenters. The first-order valence-electron chi connectivity index (χ1n) is 22.6. The summed E-state index contributed by atoms with van der Waals surface area (Å²) in [6.45, 7) is 42.2. The fourth-order valence-electron chi connectivity index (χ4n) is 5.45. The summed E-state index contributed by atoms with van der Waals surface area (Å²) in [5, 5.41) is 33.1. The van der Waals surface area contributed by atoms with Gasteiger partial charge in [-0.05, 0) is 126 Å². The zero-order chi connectivity index (χ0) is 55.6. The molecule has 420 valence electrons. The third-order valence-electron chi connectivity index (χ3n) is 10.5. The molecule has 0 radical (unpaired) electrons. The van der Waals surface area contributed by atoms with Gasteiger partial charge in [0, 0.05) is 51.9 Å². The molecule has 1 saturated heterocycles. The predicted molar refractivity (Wildman–Crippen MR) is 304 cm³/mol. The van der Waals surface area contributed by atoms with Gasteiger partial charge in [0.15, 0.2) is 0 Å². The molecule has 20 heteroatoms. The molecule has 1 aliphatic heterocycles. The van der Waals surface area contributed by atoms with Crippen LogP contribution in [-0.4, -0.2) is 55.8 Å². The predicted octanol–water partition coefficient (Wildman–Crippen LogP) is 16.9. The maximum atomic E-state index is 15.1. The SMILES string of the molecule is C.C.C.C[Si](C)(C)C.Cc1c(F)c(B2OC(C)(C)C(C)(C)O2)cc(C#N)c1OCC[Si](C)(C)C.Cc1c(F)ccc(Br)c1F.Cc1c(F)ccc(C#N)c1F.Cc1c(F)ccc(C#N)c1OCC[Si](C)(C)C.[C-]#N.[Cu+]. The van der Waals surface area contributed by atoms with Crippen LogP contribution in [-0.2, 0) is 26.4 Å². The number of hydrogen-bond acceptors (Lipinski definition) is 8. The van der Waals surface area contributed by atoms with Gasteiger partial charge in [-0.25, -0.2) is 26.3 Å². The van der Waals surface area contributed by atoms with Crippen molar-refractivity contribution in [1.29, 1.82) is 21.0 Å². The molecular weight excluding hydrogens is 1130 g/mol. The Labute approximate surface area is 469 Å². The van der Waals surface area contributed by atoms with Crippen molar-refractivity contribution in [3.8, 4) is 29.7 Å². The number of nitrogens with zero attached hydrogens (tertiary/aromatic N) is 4. The van der Waals surface area contributed by atoms with E-state index in [2.05, 4.69) is 87.5 Å². The van der Waals surface area contributed by atoms with E-state index < -0.39 is 71.6 Å². The first-order chi connectivity index (χ1) is 32.4. The monoisotopic (exact) mass is 1210 g/mol. The van der Waals surface area contributed by atoms with Gasteiger partial charge in [0.05, 0.1) is 45.6 Å². The number of rotatable bonds is 9. The fraction of sp³-hybridized carbons (Fsp3) is 0.491. The van der Waals surface area contributed by atoms with E-state index in [1.54, 1.807) is 19.9 Å². The molecule has 0 saturated carbocycles. The molecule has 1 fully saturated rings. The van der Waals surface area contributed by atoms with Crippen molar-refractivity contribution < 1.29 is 62.2 Å². The second kappa shape index (κ2) is 34.4. The average Bonchev–Trinajstić information content (AvgIpc) is 3.49. The van der Waals surface area contributed by atoms with Crippen LogP contribution in [0.2, 0.25) is 77.6 Å². The van der Waals surface area contributed by atoms with Crippen molar-refractivity contribution >= 4 is 52.7 Å². The number of nitriles is 3. The zero-order valence-electron chi connectivity index (χ0n) is 44.8. The molecule has 0 aromatic heterocycles. The van der Waals surface area contributed by atoms with Crippen LogP contribution in [0.3, 0.4) is 0 Å². The molecule has 0 N–H and O–H groups in total. The van der Waals surface area contributed by atoms with Crippen LogP contribution >= 0.6 is 15.9 Å². The van der Waals surface area contributed by atoms with E-state index in [9.17, 15) is 27.2 Å². The van der Waals surface area contributed by atoms with Gasteiger partial charge in [-0.3, -0.25) is 0 Å². The molecule has 0 aliphatic carbocycles. The third kappa shape index (κ3) is 26.5. The molecule has 0 amide bonds. The molecular formula is C55H81BBrCuF6N4O4Si3. The van der Waals surface area contributed by atoms with E-state index in [1.807, 2.05) is 33.8 Å². The summed E-state index contributed by atoms with van der Waals surface area (Å²) < 4.78 is 103. The van der Waals surface area contributed by atoms with Crippen LogP contribution in [0.4, 0.5) is 26.3 Å². The molecule has 1 heterocycles. The van der Waals surface area contributed by atoms with Gasteiger partial charge in [-0.1, -0.05) is 87.8 Å². The van der Waals surface area contributed by atoms with Gasteiger partial charge in [0.2, 0.25) is 0 Å². The average molecular weight is 1210 g/mol. The second-order valence-corrected chi connectivity index (χ2v) is 39.7. The van der Waals surface area contributed by atoms with Gasteiger partial charge in [0.25, 0.3) is 0 Å². The minimum Gasteiger partial charge on any atom is -0.512 e. The maximum Gasteiger partial charge on any atom is 1.00 e.